The first kappa shape index (κ1) is 22.8. The number of rotatable bonds is 6. The fourth-order valence-electron chi connectivity index (χ4n) is 3.33. The van der Waals surface area contributed by atoms with Crippen molar-refractivity contribution in [2.45, 2.75) is 25.3 Å². The molecular formula is C22H27N3O5S. The molecule has 31 heavy (non-hydrogen) atoms. The highest BCUT2D eigenvalue weighted by Gasteiger charge is 2.27. The van der Waals surface area contributed by atoms with E-state index in [4.69, 9.17) is 4.74 Å². The quantitative estimate of drug-likeness (QED) is 0.737. The topological polar surface area (TPSA) is 96.0 Å². The van der Waals surface area contributed by atoms with Crippen molar-refractivity contribution in [2.24, 2.45) is 0 Å². The van der Waals surface area contributed by atoms with Gasteiger partial charge in [-0.05, 0) is 37.1 Å². The number of carbonyl (C=O) groups is 2. The van der Waals surface area contributed by atoms with Gasteiger partial charge in [-0.3, -0.25) is 4.79 Å². The summed E-state index contributed by atoms with van der Waals surface area (Å²) in [6.45, 7) is 5.46. The van der Waals surface area contributed by atoms with E-state index in [0.29, 0.717) is 43.9 Å². The van der Waals surface area contributed by atoms with Crippen LogP contribution < -0.4 is 4.72 Å². The van der Waals surface area contributed by atoms with Crippen LogP contribution in [-0.2, 0) is 21.3 Å². The highest BCUT2D eigenvalue weighted by Crippen LogP contribution is 2.19. The lowest BCUT2D eigenvalue weighted by molar-refractivity contribution is 0.0569. The van der Waals surface area contributed by atoms with Crippen LogP contribution in [0.5, 0.6) is 0 Å². The van der Waals surface area contributed by atoms with E-state index in [9.17, 15) is 18.0 Å². The summed E-state index contributed by atoms with van der Waals surface area (Å²) in [5.74, 6) is -0.249. The molecule has 2 aromatic carbocycles. The van der Waals surface area contributed by atoms with Crippen molar-refractivity contribution < 1.29 is 22.7 Å². The molecule has 0 unspecified atom stereocenters. The molecule has 1 heterocycles. The van der Waals surface area contributed by atoms with Gasteiger partial charge in [0.15, 0.2) is 0 Å². The summed E-state index contributed by atoms with van der Waals surface area (Å²) in [4.78, 5) is 28.1. The summed E-state index contributed by atoms with van der Waals surface area (Å²) >= 11 is 0. The maximum absolute atomic E-state index is 13.1. The molecule has 8 nitrogen and oxygen atoms in total. The van der Waals surface area contributed by atoms with Crippen LogP contribution in [0, 0.1) is 6.92 Å². The lowest BCUT2D eigenvalue weighted by Gasteiger charge is -2.34. The van der Waals surface area contributed by atoms with Gasteiger partial charge in [-0.1, -0.05) is 36.4 Å². The molecule has 0 spiro atoms. The molecule has 166 valence electrons. The molecule has 2 aromatic rings. The minimum absolute atomic E-state index is 0.0440. The van der Waals surface area contributed by atoms with Crippen molar-refractivity contribution in [1.29, 1.82) is 0 Å². The van der Waals surface area contributed by atoms with Gasteiger partial charge in [0, 0.05) is 38.3 Å². The number of nitrogens with zero attached hydrogens (tertiary/aromatic N) is 2. The second-order valence-electron chi connectivity index (χ2n) is 7.27. The largest absolute Gasteiger partial charge is 0.450 e. The molecule has 9 heteroatoms. The molecule has 3 rings (SSSR count). The molecule has 1 fully saturated rings. The first-order valence-electron chi connectivity index (χ1n) is 10.2. The second-order valence-corrected chi connectivity index (χ2v) is 9.03. The Labute approximate surface area is 182 Å². The van der Waals surface area contributed by atoms with Gasteiger partial charge in [0.05, 0.1) is 11.5 Å². The number of hydrogen-bond donors (Lipinski definition) is 1. The van der Waals surface area contributed by atoms with E-state index in [0.717, 1.165) is 5.56 Å². The third-order valence-electron chi connectivity index (χ3n) is 5.15. The monoisotopic (exact) mass is 445 g/mol. The zero-order valence-corrected chi connectivity index (χ0v) is 18.5. The molecule has 1 aliphatic heterocycles. The number of ether oxygens (including phenoxy) is 1. The summed E-state index contributed by atoms with van der Waals surface area (Å²) in [6, 6.07) is 13.8. The van der Waals surface area contributed by atoms with Gasteiger partial charge in [-0.2, -0.15) is 0 Å². The van der Waals surface area contributed by atoms with E-state index < -0.39 is 10.0 Å². The molecule has 1 aliphatic rings. The molecule has 0 saturated carbocycles. The fraction of sp³-hybridized carbons (Fsp3) is 0.364. The van der Waals surface area contributed by atoms with Crippen molar-refractivity contribution in [3.8, 4) is 0 Å². The first-order valence-corrected chi connectivity index (χ1v) is 11.7. The first-order chi connectivity index (χ1) is 14.8. The van der Waals surface area contributed by atoms with Crippen molar-refractivity contribution >= 4 is 22.0 Å². The number of piperazine rings is 1. The summed E-state index contributed by atoms with van der Waals surface area (Å²) in [5.41, 5.74) is 1.88. The van der Waals surface area contributed by atoms with Crippen LogP contribution in [0.4, 0.5) is 4.79 Å². The summed E-state index contributed by atoms with van der Waals surface area (Å²) in [7, 11) is -3.78. The Morgan fingerprint density at radius 2 is 1.65 bits per heavy atom. The molecular weight excluding hydrogens is 418 g/mol. The molecule has 1 N–H and O–H groups in total. The maximum Gasteiger partial charge on any atom is 0.409 e. The SMILES string of the molecule is CCOC(=O)N1CCN(C(=O)c2cc(S(=O)(=O)NCc3ccccc3)ccc2C)CC1. The van der Waals surface area contributed by atoms with Crippen LogP contribution in [0.15, 0.2) is 53.4 Å². The molecule has 0 bridgehead atoms. The normalized spacial score (nSPS) is 14.4. The van der Waals surface area contributed by atoms with Crippen LogP contribution in [0.1, 0.15) is 28.4 Å². The Hall–Kier alpha value is -2.91. The van der Waals surface area contributed by atoms with Crippen LogP contribution >= 0.6 is 0 Å². The predicted octanol–water partition coefficient (Wildman–Crippen LogP) is 2.39. The van der Waals surface area contributed by atoms with Gasteiger partial charge >= 0.3 is 6.09 Å². The average Bonchev–Trinajstić information content (AvgIpc) is 2.78. The van der Waals surface area contributed by atoms with Gasteiger partial charge in [0.25, 0.3) is 5.91 Å². The Kier molecular flexibility index (Phi) is 7.29. The standard InChI is InChI=1S/C22H27N3O5S/c1-3-30-22(27)25-13-11-24(12-14-25)21(26)20-15-19(10-9-17(20)2)31(28,29)23-16-18-7-5-4-6-8-18/h4-10,15,23H,3,11-14,16H2,1-2H3. The van der Waals surface area contributed by atoms with Crippen molar-refractivity contribution in [2.75, 3.05) is 32.8 Å². The Balaban J connectivity index is 1.70. The smallest absolute Gasteiger partial charge is 0.409 e. The molecule has 0 atom stereocenters. The van der Waals surface area contributed by atoms with Crippen LogP contribution in [-0.4, -0.2) is 63.0 Å². The van der Waals surface area contributed by atoms with E-state index in [1.54, 1.807) is 29.7 Å². The number of carbonyl (C=O) groups excluding carboxylic acids is 2. The highest BCUT2D eigenvalue weighted by atomic mass is 32.2. The lowest BCUT2D eigenvalue weighted by Crippen LogP contribution is -2.50. The number of aryl methyl sites for hydroxylation is 1. The van der Waals surface area contributed by atoms with Crippen LogP contribution in [0.3, 0.4) is 0 Å². The van der Waals surface area contributed by atoms with E-state index >= 15 is 0 Å². The number of benzene rings is 2. The van der Waals surface area contributed by atoms with Crippen molar-refractivity contribution in [1.82, 2.24) is 14.5 Å². The highest BCUT2D eigenvalue weighted by molar-refractivity contribution is 7.89. The van der Waals surface area contributed by atoms with Gasteiger partial charge in [-0.25, -0.2) is 17.9 Å². The van der Waals surface area contributed by atoms with Gasteiger partial charge in [0.2, 0.25) is 10.0 Å². The number of sulfonamides is 1. The summed E-state index contributed by atoms with van der Waals surface area (Å²) < 4.78 is 33.1. The van der Waals surface area contributed by atoms with Gasteiger partial charge in [0.1, 0.15) is 0 Å². The zero-order chi connectivity index (χ0) is 22.4. The number of hydrogen-bond acceptors (Lipinski definition) is 5. The minimum Gasteiger partial charge on any atom is -0.450 e. The summed E-state index contributed by atoms with van der Waals surface area (Å²) in [5, 5.41) is 0. The van der Waals surface area contributed by atoms with Crippen LogP contribution in [0.25, 0.3) is 0 Å². The van der Waals surface area contributed by atoms with E-state index in [1.807, 2.05) is 30.3 Å². The average molecular weight is 446 g/mol. The fourth-order valence-corrected chi connectivity index (χ4v) is 4.38. The molecule has 0 aromatic heterocycles. The van der Waals surface area contributed by atoms with E-state index in [2.05, 4.69) is 4.72 Å². The zero-order valence-electron chi connectivity index (χ0n) is 17.7. The molecule has 2 amide bonds. The third-order valence-corrected chi connectivity index (χ3v) is 6.55. The van der Waals surface area contributed by atoms with Crippen molar-refractivity contribution in [3.05, 3.63) is 65.2 Å². The summed E-state index contributed by atoms with van der Waals surface area (Å²) in [6.07, 6.45) is -0.386. The Bertz CT molecular complexity index is 1030. The second kappa shape index (κ2) is 9.93. The van der Waals surface area contributed by atoms with Gasteiger partial charge < -0.3 is 14.5 Å². The molecule has 0 aliphatic carbocycles. The van der Waals surface area contributed by atoms with Gasteiger partial charge in [-0.15, -0.1) is 0 Å². The van der Waals surface area contributed by atoms with Crippen LogP contribution in [0.2, 0.25) is 0 Å². The Morgan fingerprint density at radius 1 is 1.00 bits per heavy atom. The van der Waals surface area contributed by atoms with E-state index in [1.165, 1.54) is 12.1 Å². The predicted molar refractivity (Wildman–Crippen MR) is 116 cm³/mol. The number of amides is 2. The minimum atomic E-state index is -3.78. The van der Waals surface area contributed by atoms with E-state index in [-0.39, 0.29) is 23.4 Å². The lowest BCUT2D eigenvalue weighted by atomic mass is 10.1. The third kappa shape index (κ3) is 5.62. The molecule has 0 radical (unpaired) electrons. The number of nitrogens with one attached hydrogen (secondary N) is 1. The van der Waals surface area contributed by atoms with Crippen molar-refractivity contribution in [3.63, 3.8) is 0 Å². The Morgan fingerprint density at radius 3 is 2.29 bits per heavy atom. The molecule has 1 saturated heterocycles. The maximum atomic E-state index is 13.1.